The first kappa shape index (κ1) is 11.5. The summed E-state index contributed by atoms with van der Waals surface area (Å²) in [5.41, 5.74) is 0. The van der Waals surface area contributed by atoms with Crippen LogP contribution in [0.2, 0.25) is 0 Å². The number of ether oxygens (including phenoxy) is 1. The minimum absolute atomic E-state index is 0.0742. The fraction of sp³-hybridized carbons (Fsp3) is 0.909. The molecule has 0 heterocycles. The van der Waals surface area contributed by atoms with Crippen molar-refractivity contribution >= 4 is 5.97 Å². The van der Waals surface area contributed by atoms with Crippen LogP contribution in [-0.2, 0) is 9.53 Å². The molecule has 0 saturated heterocycles. The lowest BCUT2D eigenvalue weighted by molar-refractivity contribution is -0.145. The highest BCUT2D eigenvalue weighted by Crippen LogP contribution is 2.27. The number of esters is 1. The Balaban J connectivity index is 2.03. The Bertz CT molecular complexity index is 162. The van der Waals surface area contributed by atoms with Gasteiger partial charge in [0.05, 0.1) is 6.61 Å². The molecule has 0 aromatic heterocycles. The lowest BCUT2D eigenvalue weighted by atomic mass is 9.86. The van der Waals surface area contributed by atoms with Crippen LogP contribution in [0.25, 0.3) is 0 Å². The van der Waals surface area contributed by atoms with Gasteiger partial charge in [-0.25, -0.2) is 0 Å². The van der Waals surface area contributed by atoms with Crippen molar-refractivity contribution in [3.05, 3.63) is 0 Å². The molecule has 0 amide bonds. The fourth-order valence-electron chi connectivity index (χ4n) is 2.03. The van der Waals surface area contributed by atoms with Crippen molar-refractivity contribution in [2.45, 2.75) is 44.9 Å². The molecule has 0 bridgehead atoms. The van der Waals surface area contributed by atoms with Gasteiger partial charge >= 0.3 is 5.97 Å². The van der Waals surface area contributed by atoms with Gasteiger partial charge in [-0.2, -0.15) is 0 Å². The van der Waals surface area contributed by atoms with Crippen LogP contribution in [0, 0.1) is 5.92 Å². The molecule has 14 heavy (non-hydrogen) atoms. The molecule has 0 aliphatic heterocycles. The molecule has 1 saturated carbocycles. The predicted octanol–water partition coefficient (Wildman–Crippen LogP) is 1.88. The molecule has 1 aliphatic rings. The minimum atomic E-state index is -0.162. The van der Waals surface area contributed by atoms with E-state index in [9.17, 15) is 4.79 Å². The molecule has 1 rings (SSSR count). The van der Waals surface area contributed by atoms with E-state index >= 15 is 0 Å². The molecule has 0 radical (unpaired) electrons. The SMILES string of the molecule is O=C(CCC1CCCCC1)OCCO. The number of aliphatic hydroxyl groups excluding tert-OH is 1. The second kappa shape index (κ2) is 6.82. The minimum Gasteiger partial charge on any atom is -0.463 e. The number of carbonyl (C=O) groups is 1. The monoisotopic (exact) mass is 200 g/mol. The molecule has 0 aromatic rings. The zero-order valence-corrected chi connectivity index (χ0v) is 8.71. The van der Waals surface area contributed by atoms with E-state index in [2.05, 4.69) is 0 Å². The summed E-state index contributed by atoms with van der Waals surface area (Å²) in [7, 11) is 0. The highest BCUT2D eigenvalue weighted by molar-refractivity contribution is 5.69. The maximum Gasteiger partial charge on any atom is 0.305 e. The van der Waals surface area contributed by atoms with Gasteiger partial charge in [0.15, 0.2) is 0 Å². The smallest absolute Gasteiger partial charge is 0.305 e. The van der Waals surface area contributed by atoms with Crippen LogP contribution in [0.4, 0.5) is 0 Å². The zero-order chi connectivity index (χ0) is 10.2. The van der Waals surface area contributed by atoms with Crippen LogP contribution >= 0.6 is 0 Å². The van der Waals surface area contributed by atoms with Crippen molar-refractivity contribution in [3.63, 3.8) is 0 Å². The molecule has 0 spiro atoms. The van der Waals surface area contributed by atoms with Gasteiger partial charge in [-0.05, 0) is 12.3 Å². The van der Waals surface area contributed by atoms with Crippen LogP contribution < -0.4 is 0 Å². The zero-order valence-electron chi connectivity index (χ0n) is 8.71. The molecule has 82 valence electrons. The molecule has 0 atom stereocenters. The number of rotatable bonds is 5. The molecule has 3 heteroatoms. The second-order valence-electron chi connectivity index (χ2n) is 3.99. The summed E-state index contributed by atoms with van der Waals surface area (Å²) in [6.07, 6.45) is 8.01. The van der Waals surface area contributed by atoms with Gasteiger partial charge in [-0.3, -0.25) is 4.79 Å². The van der Waals surface area contributed by atoms with Crippen LogP contribution in [0.15, 0.2) is 0 Å². The Labute approximate surface area is 85.5 Å². The van der Waals surface area contributed by atoms with E-state index in [-0.39, 0.29) is 19.2 Å². The van der Waals surface area contributed by atoms with Gasteiger partial charge in [0.2, 0.25) is 0 Å². The largest absolute Gasteiger partial charge is 0.463 e. The van der Waals surface area contributed by atoms with E-state index in [0.29, 0.717) is 6.42 Å². The van der Waals surface area contributed by atoms with Crippen molar-refractivity contribution in [2.75, 3.05) is 13.2 Å². The summed E-state index contributed by atoms with van der Waals surface area (Å²) in [6.45, 7) is 0.0681. The quantitative estimate of drug-likeness (QED) is 0.689. The lowest BCUT2D eigenvalue weighted by Crippen LogP contribution is -2.12. The first-order chi connectivity index (χ1) is 6.83. The highest BCUT2D eigenvalue weighted by atomic mass is 16.5. The third kappa shape index (κ3) is 4.61. The Morgan fingerprint density at radius 1 is 1.29 bits per heavy atom. The van der Waals surface area contributed by atoms with Gasteiger partial charge < -0.3 is 9.84 Å². The van der Waals surface area contributed by atoms with Crippen molar-refractivity contribution in [1.29, 1.82) is 0 Å². The van der Waals surface area contributed by atoms with Crippen LogP contribution in [-0.4, -0.2) is 24.3 Å². The van der Waals surface area contributed by atoms with Gasteiger partial charge in [-0.1, -0.05) is 32.1 Å². The van der Waals surface area contributed by atoms with Gasteiger partial charge in [0, 0.05) is 6.42 Å². The molecule has 1 aliphatic carbocycles. The maximum absolute atomic E-state index is 11.1. The summed E-state index contributed by atoms with van der Waals surface area (Å²) < 4.78 is 4.79. The number of hydrogen-bond acceptors (Lipinski definition) is 3. The number of aliphatic hydroxyl groups is 1. The standard InChI is InChI=1S/C11H20O3/c12-8-9-14-11(13)7-6-10-4-2-1-3-5-10/h10,12H,1-9H2. The predicted molar refractivity (Wildman–Crippen MR) is 53.9 cm³/mol. The van der Waals surface area contributed by atoms with E-state index in [1.54, 1.807) is 0 Å². The normalized spacial score (nSPS) is 18.1. The fourth-order valence-corrected chi connectivity index (χ4v) is 2.03. The number of carbonyl (C=O) groups excluding carboxylic acids is 1. The van der Waals surface area contributed by atoms with E-state index in [1.165, 1.54) is 32.1 Å². The van der Waals surface area contributed by atoms with E-state index in [1.807, 2.05) is 0 Å². The molecular weight excluding hydrogens is 180 g/mol. The van der Waals surface area contributed by atoms with Crippen LogP contribution in [0.5, 0.6) is 0 Å². The van der Waals surface area contributed by atoms with Gasteiger partial charge in [0.1, 0.15) is 6.61 Å². The Morgan fingerprint density at radius 3 is 2.64 bits per heavy atom. The van der Waals surface area contributed by atoms with E-state index in [0.717, 1.165) is 12.3 Å². The third-order valence-corrected chi connectivity index (χ3v) is 2.84. The summed E-state index contributed by atoms with van der Waals surface area (Å²) >= 11 is 0. The highest BCUT2D eigenvalue weighted by Gasteiger charge is 2.14. The molecule has 1 fully saturated rings. The molecular formula is C11H20O3. The lowest BCUT2D eigenvalue weighted by Gasteiger charge is -2.20. The average molecular weight is 200 g/mol. The van der Waals surface area contributed by atoms with Crippen LogP contribution in [0.1, 0.15) is 44.9 Å². The summed E-state index contributed by atoms with van der Waals surface area (Å²) in [5, 5.41) is 8.45. The first-order valence-corrected chi connectivity index (χ1v) is 5.59. The summed E-state index contributed by atoms with van der Waals surface area (Å²) in [5.74, 6) is 0.565. The Kier molecular flexibility index (Phi) is 5.60. The maximum atomic E-state index is 11.1. The van der Waals surface area contributed by atoms with E-state index in [4.69, 9.17) is 9.84 Å². The molecule has 0 unspecified atom stereocenters. The van der Waals surface area contributed by atoms with Crippen molar-refractivity contribution in [2.24, 2.45) is 5.92 Å². The molecule has 1 N–H and O–H groups in total. The van der Waals surface area contributed by atoms with Crippen molar-refractivity contribution in [1.82, 2.24) is 0 Å². The Morgan fingerprint density at radius 2 is 2.00 bits per heavy atom. The van der Waals surface area contributed by atoms with Gasteiger partial charge in [0.25, 0.3) is 0 Å². The summed E-state index contributed by atoms with van der Waals surface area (Å²) in [6, 6.07) is 0. The van der Waals surface area contributed by atoms with Crippen molar-refractivity contribution in [3.8, 4) is 0 Å². The summed E-state index contributed by atoms with van der Waals surface area (Å²) in [4.78, 5) is 11.1. The second-order valence-corrected chi connectivity index (χ2v) is 3.99. The third-order valence-electron chi connectivity index (χ3n) is 2.84. The Hall–Kier alpha value is -0.570. The molecule has 0 aromatic carbocycles. The first-order valence-electron chi connectivity index (χ1n) is 5.59. The van der Waals surface area contributed by atoms with E-state index < -0.39 is 0 Å². The number of hydrogen-bond donors (Lipinski definition) is 1. The average Bonchev–Trinajstić information content (AvgIpc) is 2.25. The van der Waals surface area contributed by atoms with Crippen molar-refractivity contribution < 1.29 is 14.6 Å². The molecule has 3 nitrogen and oxygen atoms in total. The van der Waals surface area contributed by atoms with Crippen LogP contribution in [0.3, 0.4) is 0 Å². The van der Waals surface area contributed by atoms with Gasteiger partial charge in [-0.15, -0.1) is 0 Å². The topological polar surface area (TPSA) is 46.5 Å².